The third-order valence-electron chi connectivity index (χ3n) is 4.49. The van der Waals surface area contributed by atoms with E-state index in [9.17, 15) is 18.4 Å². The summed E-state index contributed by atoms with van der Waals surface area (Å²) in [6, 6.07) is 11.4. The minimum Gasteiger partial charge on any atom is -0.493 e. The predicted octanol–water partition coefficient (Wildman–Crippen LogP) is 3.06. The fraction of sp³-hybridized carbons (Fsp3) is 0.238. The smallest absolute Gasteiger partial charge is 0.387 e. The molecule has 0 aliphatic heterocycles. The third kappa shape index (κ3) is 4.86. The van der Waals surface area contributed by atoms with Gasteiger partial charge in [-0.3, -0.25) is 9.36 Å². The summed E-state index contributed by atoms with van der Waals surface area (Å²) in [5, 5.41) is 2.78. The van der Waals surface area contributed by atoms with Crippen LogP contribution in [0.5, 0.6) is 11.5 Å². The molecule has 1 aromatic heterocycles. The number of rotatable bonds is 8. The normalized spacial score (nSPS) is 10.8. The first kappa shape index (κ1) is 21.1. The number of aryl methyl sites for hydroxylation is 1. The Bertz CT molecular complexity index is 1070. The van der Waals surface area contributed by atoms with Gasteiger partial charge in [0.05, 0.1) is 12.8 Å². The van der Waals surface area contributed by atoms with Gasteiger partial charge in [-0.25, -0.2) is 4.79 Å². The molecule has 0 fully saturated rings. The first-order valence-corrected chi connectivity index (χ1v) is 9.16. The second-order valence-electron chi connectivity index (χ2n) is 6.49. The summed E-state index contributed by atoms with van der Waals surface area (Å²) in [5.41, 5.74) is 2.31. The lowest BCUT2D eigenvalue weighted by molar-refractivity contribution is -0.0512. The van der Waals surface area contributed by atoms with Crippen molar-refractivity contribution in [2.75, 3.05) is 13.7 Å². The zero-order valence-corrected chi connectivity index (χ0v) is 16.4. The number of H-pyrrole nitrogens is 1. The van der Waals surface area contributed by atoms with Gasteiger partial charge in [-0.1, -0.05) is 6.07 Å². The number of carbonyl (C=O) groups is 1. The zero-order valence-electron chi connectivity index (χ0n) is 16.4. The lowest BCUT2D eigenvalue weighted by Gasteiger charge is -2.12. The first-order chi connectivity index (χ1) is 14.4. The summed E-state index contributed by atoms with van der Waals surface area (Å²) in [7, 11) is 1.37. The van der Waals surface area contributed by atoms with Gasteiger partial charge in [0.25, 0.3) is 5.91 Å². The highest BCUT2D eigenvalue weighted by Crippen LogP contribution is 2.29. The minimum absolute atomic E-state index is 0.0535. The fourth-order valence-corrected chi connectivity index (χ4v) is 3.03. The predicted molar refractivity (Wildman–Crippen MR) is 107 cm³/mol. The summed E-state index contributed by atoms with van der Waals surface area (Å²) in [6.45, 7) is -0.852. The average molecular weight is 417 g/mol. The van der Waals surface area contributed by atoms with Gasteiger partial charge in [-0.2, -0.15) is 8.78 Å². The van der Waals surface area contributed by atoms with Crippen LogP contribution in [-0.2, 0) is 6.42 Å². The molecule has 0 atom stereocenters. The van der Waals surface area contributed by atoms with Gasteiger partial charge in [-0.05, 0) is 55.3 Å². The Morgan fingerprint density at radius 1 is 1.17 bits per heavy atom. The summed E-state index contributed by atoms with van der Waals surface area (Å²) in [4.78, 5) is 26.8. The Morgan fingerprint density at radius 3 is 2.50 bits per heavy atom. The minimum atomic E-state index is -2.96. The van der Waals surface area contributed by atoms with E-state index in [0.29, 0.717) is 29.8 Å². The molecule has 3 rings (SSSR count). The highest BCUT2D eigenvalue weighted by atomic mass is 19.3. The number of methoxy groups -OCH3 is 1. The molecular formula is C21H21F2N3O4. The Labute approximate surface area is 171 Å². The van der Waals surface area contributed by atoms with Crippen LogP contribution in [0.25, 0.3) is 5.69 Å². The molecule has 1 heterocycles. The average Bonchev–Trinajstić information content (AvgIpc) is 3.06. The largest absolute Gasteiger partial charge is 0.493 e. The van der Waals surface area contributed by atoms with Crippen LogP contribution in [-0.4, -0.2) is 35.7 Å². The summed E-state index contributed by atoms with van der Waals surface area (Å²) >= 11 is 0. The van der Waals surface area contributed by atoms with Gasteiger partial charge in [-0.15, -0.1) is 0 Å². The van der Waals surface area contributed by atoms with Crippen molar-refractivity contribution in [1.29, 1.82) is 0 Å². The van der Waals surface area contributed by atoms with E-state index < -0.39 is 6.61 Å². The molecule has 0 spiro atoms. The van der Waals surface area contributed by atoms with Crippen LogP contribution in [0.15, 0.2) is 53.5 Å². The van der Waals surface area contributed by atoms with E-state index in [0.717, 1.165) is 5.69 Å². The maximum atomic E-state index is 12.5. The highest BCUT2D eigenvalue weighted by molar-refractivity contribution is 5.94. The van der Waals surface area contributed by atoms with Crippen LogP contribution < -0.4 is 20.5 Å². The Balaban J connectivity index is 1.60. The van der Waals surface area contributed by atoms with Crippen LogP contribution in [0.1, 0.15) is 21.6 Å². The molecule has 0 saturated heterocycles. The van der Waals surface area contributed by atoms with Gasteiger partial charge in [0.15, 0.2) is 11.5 Å². The van der Waals surface area contributed by atoms with Crippen molar-refractivity contribution in [3.05, 3.63) is 76.0 Å². The number of hydrogen-bond donors (Lipinski definition) is 2. The Kier molecular flexibility index (Phi) is 6.51. The highest BCUT2D eigenvalue weighted by Gasteiger charge is 2.12. The molecule has 0 saturated carbocycles. The number of aromatic amines is 1. The number of alkyl halides is 2. The molecule has 7 nitrogen and oxygen atoms in total. The van der Waals surface area contributed by atoms with Crippen LogP contribution in [0.4, 0.5) is 8.78 Å². The third-order valence-corrected chi connectivity index (χ3v) is 4.49. The van der Waals surface area contributed by atoms with Gasteiger partial charge >= 0.3 is 12.3 Å². The van der Waals surface area contributed by atoms with Crippen molar-refractivity contribution in [3.63, 3.8) is 0 Å². The molecule has 3 aromatic rings. The van der Waals surface area contributed by atoms with Crippen LogP contribution in [0.3, 0.4) is 0 Å². The fourth-order valence-electron chi connectivity index (χ4n) is 3.03. The number of amides is 1. The summed E-state index contributed by atoms with van der Waals surface area (Å²) < 4.78 is 36.0. The van der Waals surface area contributed by atoms with E-state index in [-0.39, 0.29) is 23.1 Å². The lowest BCUT2D eigenvalue weighted by atomic mass is 10.1. The number of carbonyl (C=O) groups excluding carboxylic acids is 1. The Morgan fingerprint density at radius 2 is 1.90 bits per heavy atom. The first-order valence-electron chi connectivity index (χ1n) is 9.16. The number of halogens is 2. The Hall–Kier alpha value is -3.62. The monoisotopic (exact) mass is 417 g/mol. The zero-order chi connectivity index (χ0) is 21.7. The number of ether oxygens (including phenoxy) is 2. The molecule has 0 aliphatic rings. The molecule has 2 N–H and O–H groups in total. The van der Waals surface area contributed by atoms with Crippen molar-refractivity contribution in [2.24, 2.45) is 0 Å². The molecule has 158 valence electrons. The molecule has 0 unspecified atom stereocenters. The van der Waals surface area contributed by atoms with Crippen LogP contribution >= 0.6 is 0 Å². The van der Waals surface area contributed by atoms with E-state index in [2.05, 4.69) is 15.0 Å². The van der Waals surface area contributed by atoms with E-state index in [1.54, 1.807) is 49.5 Å². The van der Waals surface area contributed by atoms with Gasteiger partial charge < -0.3 is 19.8 Å². The number of nitrogens with zero attached hydrogens (tertiary/aromatic N) is 1. The molecule has 1 amide bonds. The van der Waals surface area contributed by atoms with Gasteiger partial charge in [0.2, 0.25) is 0 Å². The molecule has 0 bridgehead atoms. The van der Waals surface area contributed by atoms with E-state index >= 15 is 0 Å². The maximum Gasteiger partial charge on any atom is 0.387 e. The maximum absolute atomic E-state index is 12.5. The molecule has 0 radical (unpaired) electrons. The molecular weight excluding hydrogens is 396 g/mol. The van der Waals surface area contributed by atoms with E-state index in [1.807, 2.05) is 0 Å². The topological polar surface area (TPSA) is 85.4 Å². The number of imidazole rings is 1. The molecule has 9 heteroatoms. The second-order valence-corrected chi connectivity index (χ2v) is 6.49. The number of nitrogens with one attached hydrogen (secondary N) is 2. The SMILES string of the molecule is COc1ccc(CCNC(=O)c2ccc(-n3c(C)c[nH]c3=O)cc2)cc1OC(F)F. The number of hydrogen-bond acceptors (Lipinski definition) is 4. The summed E-state index contributed by atoms with van der Waals surface area (Å²) in [6.07, 6.45) is 2.03. The summed E-state index contributed by atoms with van der Waals surface area (Å²) in [5.74, 6) is -0.126. The lowest BCUT2D eigenvalue weighted by Crippen LogP contribution is -2.25. The number of benzene rings is 2. The molecule has 30 heavy (non-hydrogen) atoms. The van der Waals surface area contributed by atoms with Gasteiger partial charge in [0, 0.05) is 24.0 Å². The molecule has 2 aromatic carbocycles. The van der Waals surface area contributed by atoms with Crippen molar-refractivity contribution in [1.82, 2.24) is 14.9 Å². The number of aromatic nitrogens is 2. The van der Waals surface area contributed by atoms with Gasteiger partial charge in [0.1, 0.15) is 0 Å². The van der Waals surface area contributed by atoms with Crippen LogP contribution in [0.2, 0.25) is 0 Å². The van der Waals surface area contributed by atoms with Crippen LogP contribution in [0, 0.1) is 6.92 Å². The van der Waals surface area contributed by atoms with Crippen molar-refractivity contribution < 1.29 is 23.0 Å². The standard InChI is InChI=1S/C21H21F2N3O4/c1-13-12-25-21(28)26(13)16-6-4-15(5-7-16)19(27)24-10-9-14-3-8-17(29-2)18(11-14)30-20(22)23/h3-8,11-12,20H,9-10H2,1-2H3,(H,24,27)(H,25,28). The van der Waals surface area contributed by atoms with E-state index in [4.69, 9.17) is 4.74 Å². The van der Waals surface area contributed by atoms with Crippen molar-refractivity contribution >= 4 is 5.91 Å². The molecule has 0 aliphatic carbocycles. The quantitative estimate of drug-likeness (QED) is 0.590. The van der Waals surface area contributed by atoms with Crippen molar-refractivity contribution in [3.8, 4) is 17.2 Å². The van der Waals surface area contributed by atoms with Crippen molar-refractivity contribution in [2.45, 2.75) is 20.0 Å². The second kappa shape index (κ2) is 9.25. The van der Waals surface area contributed by atoms with E-state index in [1.165, 1.54) is 17.7 Å².